The van der Waals surface area contributed by atoms with Crippen molar-refractivity contribution in [3.05, 3.63) is 64.1 Å². The molecule has 2 aromatic carbocycles. The molecule has 0 spiro atoms. The first-order valence-corrected chi connectivity index (χ1v) is 7.94. The number of amides is 1. The van der Waals surface area contributed by atoms with E-state index in [9.17, 15) is 9.59 Å². The maximum Gasteiger partial charge on any atom is 0.420 e. The number of nitrogens with one attached hydrogen (secondary N) is 1. The van der Waals surface area contributed by atoms with E-state index in [1.165, 1.54) is 0 Å². The van der Waals surface area contributed by atoms with Gasteiger partial charge >= 0.3 is 5.76 Å². The van der Waals surface area contributed by atoms with Gasteiger partial charge < -0.3 is 9.73 Å². The number of fused-ring (bicyclic) bond motifs is 1. The predicted molar refractivity (Wildman–Crippen MR) is 94.4 cm³/mol. The molecule has 1 aromatic heterocycles. The predicted octanol–water partition coefficient (Wildman–Crippen LogP) is 3.67. The molecule has 0 aliphatic heterocycles. The largest absolute Gasteiger partial charge is 0.420 e. The molecule has 5 nitrogen and oxygen atoms in total. The maximum absolute atomic E-state index is 12.2. The van der Waals surface area contributed by atoms with Crippen LogP contribution in [0.3, 0.4) is 0 Å². The van der Waals surface area contributed by atoms with E-state index in [4.69, 9.17) is 4.42 Å². The number of aromatic nitrogens is 1. The topological polar surface area (TPSA) is 64.2 Å². The van der Waals surface area contributed by atoms with Gasteiger partial charge in [-0.3, -0.25) is 9.36 Å². The maximum atomic E-state index is 12.2. The zero-order chi connectivity index (χ0) is 17.3. The number of rotatable bonds is 4. The number of hydrogen-bond acceptors (Lipinski definition) is 3. The van der Waals surface area contributed by atoms with E-state index in [0.29, 0.717) is 17.7 Å². The Morgan fingerprint density at radius 3 is 2.54 bits per heavy atom. The molecule has 0 radical (unpaired) electrons. The lowest BCUT2D eigenvalue weighted by Gasteiger charge is -2.07. The Kier molecular flexibility index (Phi) is 4.25. The van der Waals surface area contributed by atoms with Gasteiger partial charge in [-0.15, -0.1) is 0 Å². The summed E-state index contributed by atoms with van der Waals surface area (Å²) < 4.78 is 6.86. The van der Waals surface area contributed by atoms with E-state index in [2.05, 4.69) is 5.32 Å². The van der Waals surface area contributed by atoms with Gasteiger partial charge in [-0.25, -0.2) is 4.79 Å². The first-order chi connectivity index (χ1) is 11.4. The molecule has 0 saturated heterocycles. The molecule has 1 heterocycles. The lowest BCUT2D eigenvalue weighted by atomic mass is 10.1. The quantitative estimate of drug-likeness (QED) is 0.796. The lowest BCUT2D eigenvalue weighted by molar-refractivity contribution is -0.115. The number of oxazole rings is 1. The van der Waals surface area contributed by atoms with Gasteiger partial charge in [0.25, 0.3) is 0 Å². The second-order valence-corrected chi connectivity index (χ2v) is 6.22. The third kappa shape index (κ3) is 3.25. The van der Waals surface area contributed by atoms with Gasteiger partial charge in [-0.1, -0.05) is 29.8 Å². The molecule has 0 saturated carbocycles. The summed E-state index contributed by atoms with van der Waals surface area (Å²) >= 11 is 0. The normalized spacial score (nSPS) is 11.2. The minimum Gasteiger partial charge on any atom is -0.408 e. The van der Waals surface area contributed by atoms with Crippen LogP contribution in [0.2, 0.25) is 0 Å². The average Bonchev–Trinajstić information content (AvgIpc) is 2.84. The summed E-state index contributed by atoms with van der Waals surface area (Å²) in [6.45, 7) is 5.86. The van der Waals surface area contributed by atoms with Crippen molar-refractivity contribution in [2.45, 2.75) is 33.2 Å². The fraction of sp³-hybridized carbons (Fsp3) is 0.263. The number of nitrogens with zero attached hydrogens (tertiary/aromatic N) is 1. The Labute approximate surface area is 139 Å². The third-order valence-electron chi connectivity index (χ3n) is 3.90. The molecule has 124 valence electrons. The molecule has 3 aromatic rings. The SMILES string of the molecule is Cc1ccc(CC(=O)Nc2ccc3c(c2)oc(=O)n3C(C)C)cc1. The summed E-state index contributed by atoms with van der Waals surface area (Å²) in [6.07, 6.45) is 0.301. The van der Waals surface area contributed by atoms with Gasteiger partial charge in [0.05, 0.1) is 11.9 Å². The average molecular weight is 324 g/mol. The fourth-order valence-corrected chi connectivity index (χ4v) is 2.70. The number of carbonyl (C=O) groups excluding carboxylic acids is 1. The van der Waals surface area contributed by atoms with Crippen molar-refractivity contribution in [2.75, 3.05) is 5.32 Å². The van der Waals surface area contributed by atoms with E-state index < -0.39 is 0 Å². The Balaban J connectivity index is 1.79. The number of benzene rings is 2. The van der Waals surface area contributed by atoms with E-state index in [0.717, 1.165) is 16.6 Å². The summed E-state index contributed by atoms with van der Waals surface area (Å²) in [5.41, 5.74) is 3.93. The molecule has 24 heavy (non-hydrogen) atoms. The molecule has 1 N–H and O–H groups in total. The molecule has 0 bridgehead atoms. The molecular formula is C19H20N2O3. The van der Waals surface area contributed by atoms with Crippen molar-refractivity contribution in [3.8, 4) is 0 Å². The molecule has 0 fully saturated rings. The number of anilines is 1. The van der Waals surface area contributed by atoms with Crippen LogP contribution in [0.15, 0.2) is 51.7 Å². The first kappa shape index (κ1) is 16.1. The van der Waals surface area contributed by atoms with E-state index in [1.807, 2.05) is 45.0 Å². The van der Waals surface area contributed by atoms with Crippen LogP contribution >= 0.6 is 0 Å². The van der Waals surface area contributed by atoms with Crippen LogP contribution in [0.25, 0.3) is 11.1 Å². The fourth-order valence-electron chi connectivity index (χ4n) is 2.70. The zero-order valence-electron chi connectivity index (χ0n) is 14.0. The first-order valence-electron chi connectivity index (χ1n) is 7.94. The zero-order valence-corrected chi connectivity index (χ0v) is 14.0. The number of hydrogen-bond donors (Lipinski definition) is 1. The van der Waals surface area contributed by atoms with E-state index in [-0.39, 0.29) is 17.7 Å². The highest BCUT2D eigenvalue weighted by molar-refractivity contribution is 5.94. The van der Waals surface area contributed by atoms with E-state index >= 15 is 0 Å². The van der Waals surface area contributed by atoms with Crippen LogP contribution in [-0.4, -0.2) is 10.5 Å². The van der Waals surface area contributed by atoms with Crippen molar-refractivity contribution in [2.24, 2.45) is 0 Å². The number of aryl methyl sites for hydroxylation is 1. The standard InChI is InChI=1S/C19H20N2O3/c1-12(2)21-16-9-8-15(11-17(16)24-19(21)23)20-18(22)10-14-6-4-13(3)5-7-14/h4-9,11-12H,10H2,1-3H3,(H,20,22). The van der Waals surface area contributed by atoms with Crippen molar-refractivity contribution in [3.63, 3.8) is 0 Å². The summed E-state index contributed by atoms with van der Waals surface area (Å²) in [5.74, 6) is -0.494. The van der Waals surface area contributed by atoms with Gasteiger partial charge in [0.2, 0.25) is 5.91 Å². The minimum atomic E-state index is -0.386. The second kappa shape index (κ2) is 6.35. The Hall–Kier alpha value is -2.82. The molecule has 3 rings (SSSR count). The number of carbonyl (C=O) groups is 1. The summed E-state index contributed by atoms with van der Waals surface area (Å²) in [6, 6.07) is 13.1. The highest BCUT2D eigenvalue weighted by atomic mass is 16.4. The second-order valence-electron chi connectivity index (χ2n) is 6.22. The van der Waals surface area contributed by atoms with Crippen LogP contribution in [0.4, 0.5) is 5.69 Å². The van der Waals surface area contributed by atoms with Crippen molar-refractivity contribution >= 4 is 22.7 Å². The van der Waals surface area contributed by atoms with Crippen molar-refractivity contribution in [1.29, 1.82) is 0 Å². The van der Waals surface area contributed by atoms with Gasteiger partial charge in [0, 0.05) is 17.8 Å². The van der Waals surface area contributed by atoms with Crippen molar-refractivity contribution in [1.82, 2.24) is 4.57 Å². The van der Waals surface area contributed by atoms with Crippen molar-refractivity contribution < 1.29 is 9.21 Å². The van der Waals surface area contributed by atoms with Crippen LogP contribution in [-0.2, 0) is 11.2 Å². The molecular weight excluding hydrogens is 304 g/mol. The van der Waals surface area contributed by atoms with Gasteiger partial charge in [0.15, 0.2) is 5.58 Å². The molecule has 0 atom stereocenters. The van der Waals surface area contributed by atoms with E-state index in [1.54, 1.807) is 22.8 Å². The molecule has 1 amide bonds. The summed E-state index contributed by atoms with van der Waals surface area (Å²) in [4.78, 5) is 24.1. The Morgan fingerprint density at radius 1 is 1.17 bits per heavy atom. The highest BCUT2D eigenvalue weighted by Gasteiger charge is 2.13. The van der Waals surface area contributed by atoms with Crippen LogP contribution in [0.1, 0.15) is 31.0 Å². The molecule has 0 unspecified atom stereocenters. The smallest absolute Gasteiger partial charge is 0.408 e. The van der Waals surface area contributed by atoms with Gasteiger partial charge in [-0.2, -0.15) is 0 Å². The van der Waals surface area contributed by atoms with Gasteiger partial charge in [0.1, 0.15) is 0 Å². The highest BCUT2D eigenvalue weighted by Crippen LogP contribution is 2.21. The van der Waals surface area contributed by atoms with Crippen LogP contribution in [0, 0.1) is 6.92 Å². The Morgan fingerprint density at radius 2 is 1.88 bits per heavy atom. The Bertz CT molecular complexity index is 933. The lowest BCUT2D eigenvalue weighted by Crippen LogP contribution is -2.16. The molecule has 0 aliphatic rings. The molecule has 5 heteroatoms. The monoisotopic (exact) mass is 324 g/mol. The molecule has 0 aliphatic carbocycles. The summed E-state index contributed by atoms with van der Waals surface area (Å²) in [5, 5.41) is 2.84. The van der Waals surface area contributed by atoms with Gasteiger partial charge in [-0.05, 0) is 38.5 Å². The minimum absolute atomic E-state index is 0.0146. The third-order valence-corrected chi connectivity index (χ3v) is 3.90. The summed E-state index contributed by atoms with van der Waals surface area (Å²) in [7, 11) is 0. The van der Waals surface area contributed by atoms with Crippen LogP contribution in [0.5, 0.6) is 0 Å². The van der Waals surface area contributed by atoms with Crippen LogP contribution < -0.4 is 11.1 Å².